The summed E-state index contributed by atoms with van der Waals surface area (Å²) >= 11 is 0. The van der Waals surface area contributed by atoms with Gasteiger partial charge in [0.25, 0.3) is 0 Å². The number of piperazine rings is 1. The van der Waals surface area contributed by atoms with Gasteiger partial charge in [-0.25, -0.2) is 4.39 Å². The van der Waals surface area contributed by atoms with Crippen LogP contribution in [0.2, 0.25) is 0 Å². The summed E-state index contributed by atoms with van der Waals surface area (Å²) in [5.41, 5.74) is 0.755. The standard InChI is InChI=1S/C15H20FN3O2.ClH/c1-10(18-11(2)20)15(21)19-7-6-17-9-14(19)12-4-3-5-13(16)8-12;/h3-5,8,10,14,17H,6-7,9H2,1-2H3,(H,18,20);1H. The number of nitrogens with zero attached hydrogens (tertiary/aromatic N) is 1. The largest absolute Gasteiger partial charge is 0.345 e. The number of benzene rings is 1. The van der Waals surface area contributed by atoms with Crippen molar-refractivity contribution in [1.29, 1.82) is 0 Å². The third-order valence-electron chi connectivity index (χ3n) is 3.55. The Bertz CT molecular complexity index is 541. The molecule has 0 aromatic heterocycles. The molecule has 22 heavy (non-hydrogen) atoms. The molecule has 1 aromatic rings. The highest BCUT2D eigenvalue weighted by Gasteiger charge is 2.30. The minimum Gasteiger partial charge on any atom is -0.345 e. The monoisotopic (exact) mass is 329 g/mol. The molecule has 2 rings (SSSR count). The van der Waals surface area contributed by atoms with Crippen LogP contribution in [0.1, 0.15) is 25.5 Å². The lowest BCUT2D eigenvalue weighted by Crippen LogP contribution is -2.54. The van der Waals surface area contributed by atoms with Crippen molar-refractivity contribution in [2.24, 2.45) is 0 Å². The zero-order valence-corrected chi connectivity index (χ0v) is 13.5. The van der Waals surface area contributed by atoms with Gasteiger partial charge < -0.3 is 15.5 Å². The zero-order chi connectivity index (χ0) is 15.4. The smallest absolute Gasteiger partial charge is 0.245 e. The summed E-state index contributed by atoms with van der Waals surface area (Å²) in [5, 5.41) is 5.81. The van der Waals surface area contributed by atoms with E-state index in [1.54, 1.807) is 17.9 Å². The molecule has 0 bridgehead atoms. The fraction of sp³-hybridized carbons (Fsp3) is 0.467. The van der Waals surface area contributed by atoms with Crippen LogP contribution in [0.5, 0.6) is 0 Å². The van der Waals surface area contributed by atoms with Crippen LogP contribution in [0.3, 0.4) is 0 Å². The highest BCUT2D eigenvalue weighted by atomic mass is 35.5. The molecular weight excluding hydrogens is 309 g/mol. The van der Waals surface area contributed by atoms with E-state index in [2.05, 4.69) is 10.6 Å². The maximum atomic E-state index is 13.4. The van der Waals surface area contributed by atoms with E-state index in [0.717, 1.165) is 5.56 Å². The Morgan fingerprint density at radius 1 is 1.45 bits per heavy atom. The zero-order valence-electron chi connectivity index (χ0n) is 12.6. The number of carbonyl (C=O) groups is 2. The molecule has 1 aliphatic heterocycles. The Labute approximate surface area is 135 Å². The van der Waals surface area contributed by atoms with E-state index in [4.69, 9.17) is 0 Å². The van der Waals surface area contributed by atoms with Crippen molar-refractivity contribution in [3.8, 4) is 0 Å². The average molecular weight is 330 g/mol. The summed E-state index contributed by atoms with van der Waals surface area (Å²) in [4.78, 5) is 25.3. The van der Waals surface area contributed by atoms with E-state index in [9.17, 15) is 14.0 Å². The van der Waals surface area contributed by atoms with Gasteiger partial charge in [-0.1, -0.05) is 12.1 Å². The van der Waals surface area contributed by atoms with Gasteiger partial charge in [0.15, 0.2) is 0 Å². The average Bonchev–Trinajstić information content (AvgIpc) is 2.45. The molecule has 1 saturated heterocycles. The summed E-state index contributed by atoms with van der Waals surface area (Å²) in [7, 11) is 0. The Kier molecular flexibility index (Phi) is 6.77. The fourth-order valence-corrected chi connectivity index (χ4v) is 2.60. The van der Waals surface area contributed by atoms with E-state index in [1.165, 1.54) is 19.1 Å². The first-order valence-corrected chi connectivity index (χ1v) is 7.03. The summed E-state index contributed by atoms with van der Waals surface area (Å²) in [5.74, 6) is -0.713. The predicted octanol–water partition coefficient (Wildman–Crippen LogP) is 1.25. The third-order valence-corrected chi connectivity index (χ3v) is 3.55. The molecule has 0 spiro atoms. The first-order valence-electron chi connectivity index (χ1n) is 7.03. The number of hydrogen-bond acceptors (Lipinski definition) is 3. The van der Waals surface area contributed by atoms with Crippen LogP contribution in [0.25, 0.3) is 0 Å². The second-order valence-corrected chi connectivity index (χ2v) is 5.23. The molecule has 122 valence electrons. The van der Waals surface area contributed by atoms with Gasteiger partial charge in [-0.15, -0.1) is 12.4 Å². The van der Waals surface area contributed by atoms with Crippen LogP contribution in [-0.4, -0.2) is 42.4 Å². The first kappa shape index (κ1) is 18.4. The van der Waals surface area contributed by atoms with Crippen LogP contribution >= 0.6 is 12.4 Å². The summed E-state index contributed by atoms with van der Waals surface area (Å²) in [6.07, 6.45) is 0. The molecule has 2 amide bonds. The lowest BCUT2D eigenvalue weighted by atomic mass is 10.0. The predicted molar refractivity (Wildman–Crippen MR) is 84.3 cm³/mol. The third kappa shape index (κ3) is 4.42. The Morgan fingerprint density at radius 2 is 2.18 bits per heavy atom. The number of hydrogen-bond donors (Lipinski definition) is 2. The summed E-state index contributed by atoms with van der Waals surface area (Å²) in [6, 6.07) is 5.46. The first-order chi connectivity index (χ1) is 9.99. The van der Waals surface area contributed by atoms with Crippen molar-refractivity contribution in [2.75, 3.05) is 19.6 Å². The van der Waals surface area contributed by atoms with E-state index < -0.39 is 6.04 Å². The Morgan fingerprint density at radius 3 is 2.82 bits per heavy atom. The maximum absolute atomic E-state index is 13.4. The van der Waals surface area contributed by atoms with E-state index >= 15 is 0 Å². The molecule has 1 heterocycles. The minimum absolute atomic E-state index is 0. The van der Waals surface area contributed by atoms with Gasteiger partial charge in [-0.2, -0.15) is 0 Å². The molecule has 0 saturated carbocycles. The van der Waals surface area contributed by atoms with Crippen molar-refractivity contribution >= 4 is 24.2 Å². The van der Waals surface area contributed by atoms with Gasteiger partial charge in [0, 0.05) is 26.6 Å². The molecule has 1 aliphatic rings. The molecule has 0 aliphatic carbocycles. The number of halogens is 2. The van der Waals surface area contributed by atoms with Gasteiger partial charge >= 0.3 is 0 Å². The molecule has 7 heteroatoms. The van der Waals surface area contributed by atoms with Crippen molar-refractivity contribution in [3.05, 3.63) is 35.6 Å². The van der Waals surface area contributed by atoms with Crippen molar-refractivity contribution in [3.63, 3.8) is 0 Å². The van der Waals surface area contributed by atoms with E-state index in [0.29, 0.717) is 19.6 Å². The number of carbonyl (C=O) groups excluding carboxylic acids is 2. The summed E-state index contributed by atoms with van der Waals surface area (Å²) < 4.78 is 13.4. The molecule has 1 aromatic carbocycles. The van der Waals surface area contributed by atoms with Gasteiger partial charge in [-0.05, 0) is 24.6 Å². The highest BCUT2D eigenvalue weighted by Crippen LogP contribution is 2.23. The molecular formula is C15H21ClFN3O2. The second kappa shape index (κ2) is 8.10. The van der Waals surface area contributed by atoms with Crippen LogP contribution in [-0.2, 0) is 9.59 Å². The minimum atomic E-state index is -0.586. The van der Waals surface area contributed by atoms with Crippen molar-refractivity contribution in [1.82, 2.24) is 15.5 Å². The normalized spacial score (nSPS) is 19.0. The molecule has 1 fully saturated rings. The maximum Gasteiger partial charge on any atom is 0.245 e. The topological polar surface area (TPSA) is 61.4 Å². The second-order valence-electron chi connectivity index (χ2n) is 5.23. The molecule has 2 unspecified atom stereocenters. The molecule has 2 N–H and O–H groups in total. The van der Waals surface area contributed by atoms with E-state index in [-0.39, 0.29) is 36.1 Å². The fourth-order valence-electron chi connectivity index (χ4n) is 2.60. The quantitative estimate of drug-likeness (QED) is 0.877. The van der Waals surface area contributed by atoms with Crippen LogP contribution in [0.4, 0.5) is 4.39 Å². The lowest BCUT2D eigenvalue weighted by molar-refractivity contribution is -0.138. The molecule has 5 nitrogen and oxygen atoms in total. The highest BCUT2D eigenvalue weighted by molar-refractivity contribution is 5.87. The van der Waals surface area contributed by atoms with Gasteiger partial charge in [0.1, 0.15) is 11.9 Å². The Hall–Kier alpha value is -1.66. The Balaban J connectivity index is 0.00000242. The van der Waals surface area contributed by atoms with Gasteiger partial charge in [0.2, 0.25) is 11.8 Å². The lowest BCUT2D eigenvalue weighted by Gasteiger charge is -2.38. The van der Waals surface area contributed by atoms with E-state index in [1.807, 2.05) is 6.07 Å². The molecule has 0 radical (unpaired) electrons. The number of rotatable bonds is 3. The van der Waals surface area contributed by atoms with Crippen LogP contribution < -0.4 is 10.6 Å². The van der Waals surface area contributed by atoms with Crippen LogP contribution in [0.15, 0.2) is 24.3 Å². The van der Waals surface area contributed by atoms with Crippen molar-refractivity contribution in [2.45, 2.75) is 25.9 Å². The summed E-state index contributed by atoms with van der Waals surface area (Å²) in [6.45, 7) is 4.83. The molecule has 2 atom stereocenters. The van der Waals surface area contributed by atoms with Crippen molar-refractivity contribution < 1.29 is 14.0 Å². The number of nitrogens with one attached hydrogen (secondary N) is 2. The SMILES string of the molecule is CC(=O)NC(C)C(=O)N1CCNCC1c1cccc(F)c1.Cl. The van der Waals surface area contributed by atoms with Gasteiger partial charge in [0.05, 0.1) is 6.04 Å². The van der Waals surface area contributed by atoms with Crippen LogP contribution in [0, 0.1) is 5.82 Å². The van der Waals surface area contributed by atoms with Gasteiger partial charge in [-0.3, -0.25) is 9.59 Å². The number of amides is 2.